The number of amides is 1. The summed E-state index contributed by atoms with van der Waals surface area (Å²) in [5, 5.41) is 9.74. The molecule has 1 amide bonds. The Morgan fingerprint density at radius 1 is 1.00 bits per heavy atom. The zero-order valence-corrected chi connectivity index (χ0v) is 19.9. The summed E-state index contributed by atoms with van der Waals surface area (Å²) in [5.41, 5.74) is 3.54. The molecule has 0 bridgehead atoms. The van der Waals surface area contributed by atoms with Crippen LogP contribution < -0.4 is 10.9 Å². The van der Waals surface area contributed by atoms with E-state index < -0.39 is 0 Å². The highest BCUT2D eigenvalue weighted by atomic mass is 35.5. The molecule has 7 nitrogen and oxygen atoms in total. The van der Waals surface area contributed by atoms with E-state index in [1.807, 2.05) is 40.2 Å². The molecule has 0 saturated carbocycles. The van der Waals surface area contributed by atoms with Gasteiger partial charge in [-0.1, -0.05) is 23.7 Å². The lowest BCUT2D eigenvalue weighted by atomic mass is 10.1. The second-order valence-electron chi connectivity index (χ2n) is 7.83. The van der Waals surface area contributed by atoms with Crippen LogP contribution in [-0.2, 0) is 17.8 Å². The van der Waals surface area contributed by atoms with Crippen molar-refractivity contribution < 1.29 is 9.18 Å². The number of aromatic nitrogens is 4. The van der Waals surface area contributed by atoms with Gasteiger partial charge in [0, 0.05) is 46.0 Å². The first-order valence-electron chi connectivity index (χ1n) is 10.8. The van der Waals surface area contributed by atoms with Gasteiger partial charge in [0.1, 0.15) is 5.82 Å². The van der Waals surface area contributed by atoms with Crippen molar-refractivity contribution in [2.75, 3.05) is 6.54 Å². The number of hydrogen-bond acceptors (Lipinski definition) is 5. The molecule has 0 radical (unpaired) electrons. The maximum atomic E-state index is 13.2. The second-order valence-corrected chi connectivity index (χ2v) is 9.10. The maximum absolute atomic E-state index is 13.2. The monoisotopic (exact) mass is 507 g/mol. The predicted molar refractivity (Wildman–Crippen MR) is 134 cm³/mol. The maximum Gasteiger partial charge on any atom is 0.266 e. The second kappa shape index (κ2) is 9.81. The molecule has 3 heterocycles. The molecule has 0 saturated heterocycles. The zero-order chi connectivity index (χ0) is 24.4. The normalized spacial score (nSPS) is 11.1. The standard InChI is InChI=1S/C25H19ClFN5O2S/c26-18-5-1-17(2-6-18)22-14-31-20(15-35-25(31)29-22)13-23(33)28-11-12-32-24(34)10-9-21(30-32)16-3-7-19(27)8-4-16/h1-10,14-15H,11-13H2,(H,28,33). The molecule has 0 spiro atoms. The van der Waals surface area contributed by atoms with Crippen LogP contribution in [0.2, 0.25) is 5.02 Å². The van der Waals surface area contributed by atoms with Crippen molar-refractivity contribution in [3.8, 4) is 22.5 Å². The van der Waals surface area contributed by atoms with Crippen LogP contribution in [0.1, 0.15) is 5.69 Å². The van der Waals surface area contributed by atoms with Crippen molar-refractivity contribution in [1.82, 2.24) is 24.5 Å². The fraction of sp³-hybridized carbons (Fsp3) is 0.120. The molecule has 0 aliphatic heterocycles. The van der Waals surface area contributed by atoms with Crippen LogP contribution >= 0.6 is 22.9 Å². The van der Waals surface area contributed by atoms with Crippen LogP contribution in [0.4, 0.5) is 4.39 Å². The average Bonchev–Trinajstić information content (AvgIpc) is 3.43. The molecule has 5 rings (SSSR count). The van der Waals surface area contributed by atoms with E-state index in [1.54, 1.807) is 18.2 Å². The highest BCUT2D eigenvalue weighted by Crippen LogP contribution is 2.25. The number of benzene rings is 2. The first kappa shape index (κ1) is 22.9. The van der Waals surface area contributed by atoms with Crippen LogP contribution in [0.25, 0.3) is 27.5 Å². The van der Waals surface area contributed by atoms with Gasteiger partial charge in [-0.15, -0.1) is 11.3 Å². The smallest absolute Gasteiger partial charge is 0.266 e. The van der Waals surface area contributed by atoms with Crippen molar-refractivity contribution in [2.45, 2.75) is 13.0 Å². The summed E-state index contributed by atoms with van der Waals surface area (Å²) in [6.07, 6.45) is 2.08. The van der Waals surface area contributed by atoms with Gasteiger partial charge >= 0.3 is 0 Å². The largest absolute Gasteiger partial charge is 0.354 e. The van der Waals surface area contributed by atoms with Crippen LogP contribution in [0.15, 0.2) is 77.0 Å². The molecule has 0 fully saturated rings. The number of rotatable bonds is 7. The number of thiazole rings is 1. The van der Waals surface area contributed by atoms with E-state index in [2.05, 4.69) is 15.4 Å². The third kappa shape index (κ3) is 5.16. The summed E-state index contributed by atoms with van der Waals surface area (Å²) < 4.78 is 16.4. The van der Waals surface area contributed by atoms with Gasteiger partial charge in [0.25, 0.3) is 5.56 Å². The Kier molecular flexibility index (Phi) is 6.43. The minimum absolute atomic E-state index is 0.172. The van der Waals surface area contributed by atoms with Gasteiger partial charge in [-0.3, -0.25) is 14.0 Å². The molecule has 0 unspecified atom stereocenters. The van der Waals surface area contributed by atoms with Gasteiger partial charge in [-0.25, -0.2) is 14.1 Å². The Morgan fingerprint density at radius 2 is 1.71 bits per heavy atom. The molecule has 10 heteroatoms. The van der Waals surface area contributed by atoms with E-state index >= 15 is 0 Å². The lowest BCUT2D eigenvalue weighted by Crippen LogP contribution is -2.32. The number of carbonyl (C=O) groups is 1. The molecule has 1 N–H and O–H groups in total. The summed E-state index contributed by atoms with van der Waals surface area (Å²) >= 11 is 7.43. The van der Waals surface area contributed by atoms with Crippen LogP contribution in [0.3, 0.4) is 0 Å². The first-order chi connectivity index (χ1) is 17.0. The lowest BCUT2D eigenvalue weighted by Gasteiger charge is -2.08. The van der Waals surface area contributed by atoms with Crippen molar-refractivity contribution in [2.24, 2.45) is 0 Å². The first-order valence-corrected chi connectivity index (χ1v) is 12.0. The van der Waals surface area contributed by atoms with E-state index in [-0.39, 0.29) is 36.8 Å². The van der Waals surface area contributed by atoms with Crippen molar-refractivity contribution in [1.29, 1.82) is 0 Å². The predicted octanol–water partition coefficient (Wildman–Crippen LogP) is 4.44. The number of halogens is 2. The third-order valence-corrected chi connectivity index (χ3v) is 6.56. The van der Waals surface area contributed by atoms with E-state index in [4.69, 9.17) is 11.6 Å². The van der Waals surface area contributed by atoms with E-state index in [0.29, 0.717) is 16.3 Å². The molecule has 176 valence electrons. The molecular weight excluding hydrogens is 489 g/mol. The fourth-order valence-corrected chi connectivity index (χ4v) is 4.63. The lowest BCUT2D eigenvalue weighted by molar-refractivity contribution is -0.120. The number of carbonyl (C=O) groups excluding carboxylic acids is 1. The zero-order valence-electron chi connectivity index (χ0n) is 18.3. The Balaban J connectivity index is 1.22. The van der Waals surface area contributed by atoms with Gasteiger partial charge in [0.2, 0.25) is 5.91 Å². The summed E-state index contributed by atoms with van der Waals surface area (Å²) in [5.74, 6) is -0.515. The van der Waals surface area contributed by atoms with Gasteiger partial charge in [0.05, 0.1) is 24.4 Å². The number of nitrogens with zero attached hydrogens (tertiary/aromatic N) is 4. The van der Waals surface area contributed by atoms with E-state index in [1.165, 1.54) is 34.2 Å². The average molecular weight is 508 g/mol. The molecule has 5 aromatic rings. The Bertz CT molecular complexity index is 1560. The topological polar surface area (TPSA) is 81.3 Å². The minimum atomic E-state index is -0.343. The molecular formula is C25H19ClFN5O2S. The SMILES string of the molecule is O=C(Cc1csc2nc(-c3ccc(Cl)cc3)cn12)NCCn1nc(-c2ccc(F)cc2)ccc1=O. The molecule has 0 aliphatic carbocycles. The molecule has 2 aromatic carbocycles. The number of fused-ring (bicyclic) bond motifs is 1. The molecule has 0 aliphatic rings. The third-order valence-electron chi connectivity index (χ3n) is 5.42. The van der Waals surface area contributed by atoms with E-state index in [0.717, 1.165) is 21.9 Å². The highest BCUT2D eigenvalue weighted by molar-refractivity contribution is 7.15. The molecule has 0 atom stereocenters. The Morgan fingerprint density at radius 3 is 2.49 bits per heavy atom. The van der Waals surface area contributed by atoms with Crippen molar-refractivity contribution in [3.05, 3.63) is 99.1 Å². The Hall–Kier alpha value is -3.82. The van der Waals surface area contributed by atoms with Crippen LogP contribution in [-0.4, -0.2) is 31.6 Å². The summed E-state index contributed by atoms with van der Waals surface area (Å²) in [7, 11) is 0. The summed E-state index contributed by atoms with van der Waals surface area (Å²) in [6.45, 7) is 0.455. The van der Waals surface area contributed by atoms with E-state index in [9.17, 15) is 14.0 Å². The van der Waals surface area contributed by atoms with Gasteiger partial charge in [-0.05, 0) is 42.5 Å². The fourth-order valence-electron chi connectivity index (χ4n) is 3.63. The molecule has 3 aromatic heterocycles. The number of nitrogens with one attached hydrogen (secondary N) is 1. The summed E-state index contributed by atoms with van der Waals surface area (Å²) in [4.78, 5) is 30.2. The molecule has 35 heavy (non-hydrogen) atoms. The van der Waals surface area contributed by atoms with Crippen molar-refractivity contribution >= 4 is 33.8 Å². The van der Waals surface area contributed by atoms with Crippen molar-refractivity contribution in [3.63, 3.8) is 0 Å². The van der Waals surface area contributed by atoms with Gasteiger partial charge < -0.3 is 5.32 Å². The Labute approximate surface area is 208 Å². The number of imidazole rings is 1. The van der Waals surface area contributed by atoms with Crippen LogP contribution in [0.5, 0.6) is 0 Å². The quantitative estimate of drug-likeness (QED) is 0.353. The minimum Gasteiger partial charge on any atom is -0.354 e. The highest BCUT2D eigenvalue weighted by Gasteiger charge is 2.13. The van der Waals surface area contributed by atoms with Crippen LogP contribution in [0, 0.1) is 5.82 Å². The number of hydrogen-bond donors (Lipinski definition) is 1. The van der Waals surface area contributed by atoms with Gasteiger partial charge in [-0.2, -0.15) is 5.10 Å². The van der Waals surface area contributed by atoms with Gasteiger partial charge in [0.15, 0.2) is 4.96 Å². The summed E-state index contributed by atoms with van der Waals surface area (Å²) in [6, 6.07) is 16.3.